The first kappa shape index (κ1) is 31.5. The Kier molecular flexibility index (Phi) is 8.85. The number of anilines is 4. The Bertz CT molecular complexity index is 1830. The second kappa shape index (κ2) is 13.2. The lowest BCUT2D eigenvalue weighted by molar-refractivity contribution is -0.305. The first-order chi connectivity index (χ1) is 22.7. The van der Waals surface area contributed by atoms with E-state index in [2.05, 4.69) is 25.5 Å². The Morgan fingerprint density at radius 1 is 0.936 bits per heavy atom. The van der Waals surface area contributed by atoms with E-state index in [0.29, 0.717) is 55.4 Å². The summed E-state index contributed by atoms with van der Waals surface area (Å²) in [7, 11) is -3.32. The second-order valence-corrected chi connectivity index (χ2v) is 13.7. The highest BCUT2D eigenvalue weighted by Crippen LogP contribution is 2.43. The lowest BCUT2D eigenvalue weighted by Crippen LogP contribution is -2.47. The van der Waals surface area contributed by atoms with E-state index in [1.807, 2.05) is 54.6 Å². The van der Waals surface area contributed by atoms with Crippen molar-refractivity contribution < 1.29 is 28.3 Å². The van der Waals surface area contributed by atoms with Gasteiger partial charge in [-0.15, -0.1) is 0 Å². The lowest BCUT2D eigenvalue weighted by Gasteiger charge is -2.36. The number of rotatable bonds is 9. The maximum atomic E-state index is 11.5. The Labute approximate surface area is 272 Å². The molecule has 0 aliphatic carbocycles. The van der Waals surface area contributed by atoms with Crippen molar-refractivity contribution in [2.75, 3.05) is 65.4 Å². The topological polar surface area (TPSA) is 165 Å². The van der Waals surface area contributed by atoms with Gasteiger partial charge in [0.05, 0.1) is 18.4 Å². The monoisotopic (exact) mass is 662 g/mol. The summed E-state index contributed by atoms with van der Waals surface area (Å²) in [6.45, 7) is 3.94. The third kappa shape index (κ3) is 6.82. The summed E-state index contributed by atoms with van der Waals surface area (Å²) in [5, 5.41) is 26.5. The van der Waals surface area contributed by atoms with Crippen LogP contribution in [0.5, 0.6) is 0 Å². The number of sulfonamides is 1. The van der Waals surface area contributed by atoms with Gasteiger partial charge in [-0.05, 0) is 48.4 Å². The molecule has 3 aliphatic rings. The molecule has 2 saturated heterocycles. The molecule has 4 aromatic rings. The highest BCUT2D eigenvalue weighted by atomic mass is 32.2. The predicted octanol–water partition coefficient (Wildman–Crippen LogP) is 2.46. The summed E-state index contributed by atoms with van der Waals surface area (Å²) in [6.07, 6.45) is -0.123. The van der Waals surface area contributed by atoms with Crippen LogP contribution < -0.4 is 25.5 Å². The van der Waals surface area contributed by atoms with Gasteiger partial charge in [-0.1, -0.05) is 36.0 Å². The van der Waals surface area contributed by atoms with Crippen LogP contribution in [0.2, 0.25) is 0 Å². The summed E-state index contributed by atoms with van der Waals surface area (Å²) in [5.74, 6) is 1.43. The van der Waals surface area contributed by atoms with Gasteiger partial charge in [0.15, 0.2) is 0 Å². The minimum Gasteiger partial charge on any atom is -0.374 e. The van der Waals surface area contributed by atoms with Crippen molar-refractivity contribution in [3.63, 3.8) is 0 Å². The van der Waals surface area contributed by atoms with Gasteiger partial charge in [0, 0.05) is 67.0 Å². The maximum Gasteiger partial charge on any atom is 0.229 e. The van der Waals surface area contributed by atoms with Gasteiger partial charge in [-0.2, -0.15) is 4.98 Å². The molecule has 14 nitrogen and oxygen atoms in total. The molecule has 0 bridgehead atoms. The van der Waals surface area contributed by atoms with E-state index >= 15 is 0 Å². The van der Waals surface area contributed by atoms with Crippen LogP contribution in [0.4, 0.5) is 23.1 Å². The van der Waals surface area contributed by atoms with Crippen LogP contribution >= 0.6 is 0 Å². The summed E-state index contributed by atoms with van der Waals surface area (Å²) >= 11 is 0. The molecular formula is C32H38N8O6S. The van der Waals surface area contributed by atoms with Crippen molar-refractivity contribution in [2.45, 2.75) is 31.5 Å². The molecule has 3 unspecified atom stereocenters. The van der Waals surface area contributed by atoms with Gasteiger partial charge in [0.1, 0.15) is 24.5 Å². The number of benzene rings is 3. The average molecular weight is 663 g/mol. The zero-order valence-corrected chi connectivity index (χ0v) is 26.7. The molecule has 1 aromatic heterocycles. The predicted molar refractivity (Wildman–Crippen MR) is 178 cm³/mol. The number of piperazine rings is 1. The fraction of sp³-hybridized carbons (Fsp3) is 0.375. The number of para-hydroxylation sites is 1. The summed E-state index contributed by atoms with van der Waals surface area (Å²) < 4.78 is 25.5. The summed E-state index contributed by atoms with van der Waals surface area (Å²) in [4.78, 5) is 26.3. The van der Waals surface area contributed by atoms with Crippen molar-refractivity contribution in [3.8, 4) is 0 Å². The number of fused-ring (bicyclic) bond motifs is 2. The molecule has 0 saturated carbocycles. The number of hydrogen-bond donors (Lipinski definition) is 5. The molecule has 7 rings (SSSR count). The second-order valence-electron chi connectivity index (χ2n) is 11.9. The molecule has 4 heterocycles. The van der Waals surface area contributed by atoms with Crippen molar-refractivity contribution in [2.24, 2.45) is 0 Å². The minimum absolute atomic E-state index is 0.411. The molecule has 3 aromatic carbocycles. The van der Waals surface area contributed by atoms with E-state index in [9.17, 15) is 18.6 Å². The van der Waals surface area contributed by atoms with E-state index in [-0.39, 0.29) is 0 Å². The molecule has 3 aliphatic heterocycles. The van der Waals surface area contributed by atoms with E-state index in [1.54, 1.807) is 17.0 Å². The molecule has 0 amide bonds. The summed E-state index contributed by atoms with van der Waals surface area (Å²) in [5.41, 5.74) is 7.17. The molecule has 5 N–H and O–H groups in total. The number of aliphatic hydroxyl groups excluding tert-OH is 2. The van der Waals surface area contributed by atoms with Gasteiger partial charge in [-0.3, -0.25) is 14.4 Å². The third-order valence-electron chi connectivity index (χ3n) is 8.72. The highest BCUT2D eigenvalue weighted by molar-refractivity contribution is 7.92. The first-order valence-corrected chi connectivity index (χ1v) is 17.5. The third-order valence-corrected chi connectivity index (χ3v) is 9.32. The number of nitrogens with one attached hydrogen (secondary N) is 3. The largest absolute Gasteiger partial charge is 0.374 e. The summed E-state index contributed by atoms with van der Waals surface area (Å²) in [6, 6.07) is 21.1. The molecular weight excluding hydrogens is 624 g/mol. The Morgan fingerprint density at radius 3 is 2.43 bits per heavy atom. The van der Waals surface area contributed by atoms with Crippen LogP contribution in [-0.4, -0.2) is 85.3 Å². The van der Waals surface area contributed by atoms with Crippen molar-refractivity contribution in [1.82, 2.24) is 20.5 Å². The van der Waals surface area contributed by atoms with Crippen LogP contribution in [0.15, 0.2) is 66.7 Å². The number of hydrogen-bond acceptors (Lipinski definition) is 13. The molecule has 15 heteroatoms. The van der Waals surface area contributed by atoms with Gasteiger partial charge >= 0.3 is 0 Å². The average Bonchev–Trinajstić information content (AvgIpc) is 3.33. The van der Waals surface area contributed by atoms with Crippen LogP contribution in [0.25, 0.3) is 10.9 Å². The molecule has 0 radical (unpaired) electrons. The van der Waals surface area contributed by atoms with Crippen LogP contribution in [-0.2, 0) is 26.1 Å². The number of aliphatic hydroxyl groups is 2. The van der Waals surface area contributed by atoms with Crippen LogP contribution in [0.1, 0.15) is 35.6 Å². The molecule has 2 fully saturated rings. The Balaban J connectivity index is 1.01. The van der Waals surface area contributed by atoms with Crippen molar-refractivity contribution in [1.29, 1.82) is 0 Å². The molecule has 47 heavy (non-hydrogen) atoms. The van der Waals surface area contributed by atoms with Gasteiger partial charge in [0.2, 0.25) is 16.0 Å². The van der Waals surface area contributed by atoms with Crippen molar-refractivity contribution >= 4 is 44.1 Å². The van der Waals surface area contributed by atoms with Gasteiger partial charge in [-0.25, -0.2) is 18.3 Å². The lowest BCUT2D eigenvalue weighted by atomic mass is 10.1. The molecule has 3 atom stereocenters. The Morgan fingerprint density at radius 2 is 1.68 bits per heavy atom. The Hall–Kier alpha value is -4.09. The molecule has 248 valence electrons. The normalized spacial score (nSPS) is 22.0. The van der Waals surface area contributed by atoms with E-state index in [4.69, 9.17) is 19.6 Å². The van der Waals surface area contributed by atoms with E-state index in [0.717, 1.165) is 53.7 Å². The van der Waals surface area contributed by atoms with Gasteiger partial charge < -0.3 is 25.3 Å². The smallest absolute Gasteiger partial charge is 0.229 e. The van der Waals surface area contributed by atoms with Crippen LogP contribution in [0, 0.1) is 0 Å². The quantitative estimate of drug-likeness (QED) is 0.178. The number of aromatic nitrogens is 2. The highest BCUT2D eigenvalue weighted by Gasteiger charge is 2.42. The molecule has 0 spiro atoms. The fourth-order valence-electron chi connectivity index (χ4n) is 6.33. The standard InChI is InChI=1S/C32H38N8O6S/c1-47(43,44)36-22-8-6-21(7-9-22)12-14-33-29-25-4-2-3-5-27(25)34-32(35-29)39-17-15-38(16-18-39)23-10-11-24-26(20-23)31(42)40(30(24)41)28-13-19-45-37-46-28/h2-11,20,28,30-31,36-37,41-42H,12-19H2,1H3,(H,33,34,35). The van der Waals surface area contributed by atoms with E-state index in [1.165, 1.54) is 0 Å². The zero-order chi connectivity index (χ0) is 32.5. The fourth-order valence-corrected chi connectivity index (χ4v) is 6.90. The maximum absolute atomic E-state index is 11.5. The van der Waals surface area contributed by atoms with Crippen LogP contribution in [0.3, 0.4) is 0 Å². The zero-order valence-electron chi connectivity index (χ0n) is 25.9. The minimum atomic E-state index is -3.32. The SMILES string of the molecule is CS(=O)(=O)Nc1ccc(CCNc2nc(N3CCN(c4ccc5c(c4)C(O)N(C4CCONO4)C5O)CC3)nc3ccccc23)cc1. The van der Waals surface area contributed by atoms with Crippen molar-refractivity contribution in [3.05, 3.63) is 83.4 Å². The first-order valence-electron chi connectivity index (χ1n) is 15.6. The number of nitrogens with zero attached hydrogens (tertiary/aromatic N) is 5. The van der Waals surface area contributed by atoms with E-state index < -0.39 is 28.7 Å². The van der Waals surface area contributed by atoms with Gasteiger partial charge in [0.25, 0.3) is 0 Å².